The van der Waals surface area contributed by atoms with E-state index in [9.17, 15) is 13.2 Å². The number of fused-ring (bicyclic) bond motifs is 1. The van der Waals surface area contributed by atoms with Crippen molar-refractivity contribution in [2.24, 2.45) is 0 Å². The summed E-state index contributed by atoms with van der Waals surface area (Å²) in [4.78, 5) is 21.4. The summed E-state index contributed by atoms with van der Waals surface area (Å²) in [7, 11) is -3.52. The smallest absolute Gasteiger partial charge is 0.280 e. The van der Waals surface area contributed by atoms with Crippen LogP contribution in [0.2, 0.25) is 5.15 Å². The molecule has 0 aromatic carbocycles. The molecular formula is C16H14BrClN4O3S. The predicted octanol–water partition coefficient (Wildman–Crippen LogP) is 3.10. The van der Waals surface area contributed by atoms with Gasteiger partial charge in [-0.2, -0.15) is 0 Å². The highest BCUT2D eigenvalue weighted by Crippen LogP contribution is 2.36. The van der Waals surface area contributed by atoms with Gasteiger partial charge in [0.05, 0.1) is 10.6 Å². The second-order valence-electron chi connectivity index (χ2n) is 6.11. The minimum absolute atomic E-state index is 0.0637. The van der Waals surface area contributed by atoms with Gasteiger partial charge in [0.15, 0.2) is 9.84 Å². The largest absolute Gasteiger partial charge is 0.335 e. The van der Waals surface area contributed by atoms with Crippen molar-refractivity contribution >= 4 is 43.0 Å². The molecule has 10 heteroatoms. The second-order valence-corrected chi connectivity index (χ2v) is 9.66. The molecule has 136 valence electrons. The molecule has 3 heterocycles. The summed E-state index contributed by atoms with van der Waals surface area (Å²) in [6, 6.07) is 3.23. The van der Waals surface area contributed by atoms with Gasteiger partial charge in [-0.15, -0.1) is 0 Å². The Morgan fingerprint density at radius 2 is 2.08 bits per heavy atom. The maximum atomic E-state index is 12.7. The molecule has 7 nitrogen and oxygen atoms in total. The molecule has 0 aliphatic heterocycles. The van der Waals surface area contributed by atoms with Gasteiger partial charge >= 0.3 is 5.69 Å². The molecule has 3 aromatic heterocycles. The van der Waals surface area contributed by atoms with Crippen molar-refractivity contribution in [1.29, 1.82) is 0 Å². The van der Waals surface area contributed by atoms with Crippen LogP contribution in [-0.4, -0.2) is 33.1 Å². The summed E-state index contributed by atoms with van der Waals surface area (Å²) in [5.74, 6) is -0.0637. The second kappa shape index (κ2) is 6.17. The molecule has 0 radical (unpaired) electrons. The van der Waals surface area contributed by atoms with Crippen LogP contribution in [0.5, 0.6) is 0 Å². The lowest BCUT2D eigenvalue weighted by molar-refractivity contribution is 0.597. The third-order valence-corrected chi connectivity index (χ3v) is 6.78. The van der Waals surface area contributed by atoms with Gasteiger partial charge in [0.25, 0.3) is 0 Å². The molecule has 26 heavy (non-hydrogen) atoms. The third-order valence-electron chi connectivity index (χ3n) is 4.31. The lowest BCUT2D eigenvalue weighted by Crippen LogP contribution is -2.25. The van der Waals surface area contributed by atoms with E-state index in [-0.39, 0.29) is 28.1 Å². The number of hydrogen-bond donors (Lipinski definition) is 0. The SMILES string of the molecule is CCS(=O)(=O)c1cc(Br)cnc1-c1cn2c(=O)n(C3CC3)c(Cl)cc2n1. The van der Waals surface area contributed by atoms with Gasteiger partial charge in [-0.3, -0.25) is 14.0 Å². The van der Waals surface area contributed by atoms with Crippen molar-refractivity contribution in [3.05, 3.63) is 44.6 Å². The van der Waals surface area contributed by atoms with E-state index in [4.69, 9.17) is 11.6 Å². The number of halogens is 2. The Morgan fingerprint density at radius 1 is 1.35 bits per heavy atom. The van der Waals surface area contributed by atoms with Crippen LogP contribution in [0, 0.1) is 0 Å². The number of sulfone groups is 1. The van der Waals surface area contributed by atoms with Crippen molar-refractivity contribution in [1.82, 2.24) is 18.9 Å². The first-order chi connectivity index (χ1) is 12.3. The van der Waals surface area contributed by atoms with Crippen molar-refractivity contribution in [3.8, 4) is 11.4 Å². The van der Waals surface area contributed by atoms with Crippen LogP contribution in [0.1, 0.15) is 25.8 Å². The van der Waals surface area contributed by atoms with Crippen LogP contribution in [0.15, 0.2) is 38.7 Å². The van der Waals surface area contributed by atoms with Crippen molar-refractivity contribution in [2.75, 3.05) is 5.75 Å². The molecule has 0 bridgehead atoms. The van der Waals surface area contributed by atoms with Crippen molar-refractivity contribution < 1.29 is 8.42 Å². The first kappa shape index (κ1) is 17.7. The highest BCUT2D eigenvalue weighted by Gasteiger charge is 2.28. The molecule has 0 atom stereocenters. The summed E-state index contributed by atoms with van der Waals surface area (Å²) in [6.45, 7) is 1.57. The fourth-order valence-electron chi connectivity index (χ4n) is 2.82. The van der Waals surface area contributed by atoms with Crippen LogP contribution in [-0.2, 0) is 9.84 Å². The van der Waals surface area contributed by atoms with Crippen LogP contribution >= 0.6 is 27.5 Å². The van der Waals surface area contributed by atoms with Crippen LogP contribution in [0.3, 0.4) is 0 Å². The lowest BCUT2D eigenvalue weighted by atomic mass is 10.3. The maximum absolute atomic E-state index is 12.7. The number of aromatic nitrogens is 4. The normalized spacial score (nSPS) is 14.9. The fraction of sp³-hybridized carbons (Fsp3) is 0.312. The average Bonchev–Trinajstić information content (AvgIpc) is 3.33. The molecule has 0 N–H and O–H groups in total. The zero-order valence-electron chi connectivity index (χ0n) is 13.7. The Balaban J connectivity index is 1.97. The molecule has 1 fully saturated rings. The Kier molecular flexibility index (Phi) is 4.20. The average molecular weight is 458 g/mol. The number of imidazole rings is 1. The zero-order valence-corrected chi connectivity index (χ0v) is 16.8. The van der Waals surface area contributed by atoms with Gasteiger partial charge in [0, 0.05) is 29.0 Å². The van der Waals surface area contributed by atoms with E-state index in [1.54, 1.807) is 17.6 Å². The molecule has 4 rings (SSSR count). The zero-order chi connectivity index (χ0) is 18.6. The molecule has 0 spiro atoms. The molecule has 1 aliphatic rings. The first-order valence-electron chi connectivity index (χ1n) is 8.00. The highest BCUT2D eigenvalue weighted by molar-refractivity contribution is 9.10. The fourth-order valence-corrected chi connectivity index (χ4v) is 4.68. The van der Waals surface area contributed by atoms with Gasteiger partial charge in [0.1, 0.15) is 22.2 Å². The lowest BCUT2D eigenvalue weighted by Gasteiger charge is -2.06. The summed E-state index contributed by atoms with van der Waals surface area (Å²) >= 11 is 9.49. The van der Waals surface area contributed by atoms with Crippen LogP contribution < -0.4 is 5.69 Å². The van der Waals surface area contributed by atoms with Gasteiger partial charge in [-0.25, -0.2) is 18.2 Å². The Hall–Kier alpha value is -1.71. The van der Waals surface area contributed by atoms with E-state index in [0.717, 1.165) is 12.8 Å². The Labute approximate surface area is 162 Å². The summed E-state index contributed by atoms with van der Waals surface area (Å²) in [5.41, 5.74) is 0.598. The standard InChI is InChI=1S/C16H14BrClN4O3S/c1-2-26(24,25)12-5-9(17)7-19-15(12)11-8-21-14(20-11)6-13(18)22(16(21)23)10-3-4-10/h5-8,10H,2-4H2,1H3. The maximum Gasteiger partial charge on any atom is 0.335 e. The quantitative estimate of drug-likeness (QED) is 0.562. The molecule has 0 unspecified atom stereocenters. The predicted molar refractivity (Wildman–Crippen MR) is 101 cm³/mol. The topological polar surface area (TPSA) is 86.3 Å². The number of rotatable bonds is 4. The molecule has 1 aliphatic carbocycles. The number of hydrogen-bond acceptors (Lipinski definition) is 5. The molecule has 0 saturated heterocycles. The van der Waals surface area contributed by atoms with Gasteiger partial charge < -0.3 is 0 Å². The van der Waals surface area contributed by atoms with Gasteiger partial charge in [0.2, 0.25) is 0 Å². The highest BCUT2D eigenvalue weighted by atomic mass is 79.9. The number of nitrogens with zero attached hydrogens (tertiary/aromatic N) is 4. The number of pyridine rings is 1. The van der Waals surface area contributed by atoms with E-state index in [1.165, 1.54) is 22.9 Å². The minimum atomic E-state index is -3.52. The summed E-state index contributed by atoms with van der Waals surface area (Å²) in [5, 5.41) is 0.326. The Bertz CT molecular complexity index is 1200. The summed E-state index contributed by atoms with van der Waals surface area (Å²) < 4.78 is 28.4. The molecule has 3 aromatic rings. The van der Waals surface area contributed by atoms with E-state index in [2.05, 4.69) is 25.9 Å². The molecule has 0 amide bonds. The monoisotopic (exact) mass is 456 g/mol. The van der Waals surface area contributed by atoms with Crippen LogP contribution in [0.25, 0.3) is 17.0 Å². The van der Waals surface area contributed by atoms with E-state index in [1.807, 2.05) is 0 Å². The van der Waals surface area contributed by atoms with Gasteiger partial charge in [-0.05, 0) is 34.8 Å². The molecular weight excluding hydrogens is 444 g/mol. The summed E-state index contributed by atoms with van der Waals surface area (Å²) in [6.07, 6.45) is 4.85. The van der Waals surface area contributed by atoms with Crippen molar-refractivity contribution in [3.63, 3.8) is 0 Å². The van der Waals surface area contributed by atoms with E-state index >= 15 is 0 Å². The first-order valence-corrected chi connectivity index (χ1v) is 10.8. The van der Waals surface area contributed by atoms with Crippen LogP contribution in [0.4, 0.5) is 0 Å². The van der Waals surface area contributed by atoms with E-state index < -0.39 is 9.84 Å². The minimum Gasteiger partial charge on any atom is -0.280 e. The Morgan fingerprint density at radius 3 is 2.73 bits per heavy atom. The van der Waals surface area contributed by atoms with Gasteiger partial charge in [-0.1, -0.05) is 18.5 Å². The van der Waals surface area contributed by atoms with Crippen molar-refractivity contribution in [2.45, 2.75) is 30.7 Å². The molecule has 1 saturated carbocycles. The third kappa shape index (κ3) is 2.87. The van der Waals surface area contributed by atoms with E-state index in [0.29, 0.717) is 21.0 Å².